The summed E-state index contributed by atoms with van der Waals surface area (Å²) < 4.78 is 11.3. The molecular weight excluding hydrogens is 414 g/mol. The molecule has 3 rings (SSSR count). The summed E-state index contributed by atoms with van der Waals surface area (Å²) in [5.74, 6) is 1.03. The quantitative estimate of drug-likeness (QED) is 0.426. The van der Waals surface area contributed by atoms with Gasteiger partial charge in [0.15, 0.2) is 6.61 Å². The van der Waals surface area contributed by atoms with E-state index in [9.17, 15) is 4.79 Å². The molecule has 0 atom stereocenters. The monoisotopic (exact) mass is 439 g/mol. The second-order valence-corrected chi connectivity index (χ2v) is 7.44. The molecule has 31 heavy (non-hydrogen) atoms. The fourth-order valence-electron chi connectivity index (χ4n) is 2.83. The molecule has 0 aliphatic carbocycles. The summed E-state index contributed by atoms with van der Waals surface area (Å²) in [6.45, 7) is 3.81. The molecule has 1 heterocycles. The minimum atomic E-state index is -0.218. The Morgan fingerprint density at radius 2 is 1.90 bits per heavy atom. The second kappa shape index (κ2) is 11.9. The predicted molar refractivity (Wildman–Crippen MR) is 123 cm³/mol. The first-order valence-electron chi connectivity index (χ1n) is 10.1. The molecule has 0 saturated heterocycles. The van der Waals surface area contributed by atoms with E-state index in [2.05, 4.69) is 15.6 Å². The highest BCUT2D eigenvalue weighted by Gasteiger charge is 2.08. The van der Waals surface area contributed by atoms with E-state index in [1.54, 1.807) is 18.3 Å². The van der Waals surface area contributed by atoms with Gasteiger partial charge in [-0.2, -0.15) is 0 Å². The average molecular weight is 440 g/mol. The highest BCUT2D eigenvalue weighted by atomic mass is 35.5. The number of nitrogens with one attached hydrogen (secondary N) is 2. The summed E-state index contributed by atoms with van der Waals surface area (Å²) in [6.07, 6.45) is 2.53. The standard InChI is InChI=1S/C24H26ClN3O3/c1-18-6-9-21(10-7-18)28-23(29)17-31-22-11-8-20(25)15-19(22)16-26-12-4-14-30-24-5-2-3-13-27-24/h2-3,5-11,13,15,26H,4,12,14,16-17H2,1H3,(H,28,29). The molecule has 0 fully saturated rings. The van der Waals surface area contributed by atoms with Gasteiger partial charge < -0.3 is 20.1 Å². The molecule has 0 saturated carbocycles. The van der Waals surface area contributed by atoms with Crippen molar-refractivity contribution in [1.29, 1.82) is 0 Å². The zero-order chi connectivity index (χ0) is 21.9. The highest BCUT2D eigenvalue weighted by Crippen LogP contribution is 2.23. The van der Waals surface area contributed by atoms with E-state index in [0.717, 1.165) is 29.8 Å². The Hall–Kier alpha value is -3.09. The molecule has 1 amide bonds. The fraction of sp³-hybridized carbons (Fsp3) is 0.250. The minimum Gasteiger partial charge on any atom is -0.483 e. The Balaban J connectivity index is 1.42. The summed E-state index contributed by atoms with van der Waals surface area (Å²) in [5.41, 5.74) is 2.77. The van der Waals surface area contributed by atoms with Crippen molar-refractivity contribution in [3.63, 3.8) is 0 Å². The van der Waals surface area contributed by atoms with Gasteiger partial charge in [-0.05, 0) is 56.3 Å². The van der Waals surface area contributed by atoms with Crippen LogP contribution in [0, 0.1) is 6.92 Å². The van der Waals surface area contributed by atoms with Crippen molar-refractivity contribution in [3.8, 4) is 11.6 Å². The Bertz CT molecular complexity index is 966. The largest absolute Gasteiger partial charge is 0.483 e. The van der Waals surface area contributed by atoms with Crippen LogP contribution in [-0.2, 0) is 11.3 Å². The molecule has 162 valence electrons. The summed E-state index contributed by atoms with van der Waals surface area (Å²) in [7, 11) is 0. The number of anilines is 1. The number of nitrogens with zero attached hydrogens (tertiary/aromatic N) is 1. The van der Waals surface area contributed by atoms with Gasteiger partial charge in [-0.15, -0.1) is 0 Å². The van der Waals surface area contributed by atoms with Gasteiger partial charge in [-0.3, -0.25) is 4.79 Å². The molecule has 7 heteroatoms. The van der Waals surface area contributed by atoms with Crippen LogP contribution in [0.5, 0.6) is 11.6 Å². The molecule has 0 aliphatic heterocycles. The number of ether oxygens (including phenoxy) is 2. The van der Waals surface area contributed by atoms with Gasteiger partial charge in [0.1, 0.15) is 5.75 Å². The van der Waals surface area contributed by atoms with Crippen molar-refractivity contribution in [2.45, 2.75) is 19.9 Å². The number of amides is 1. The zero-order valence-electron chi connectivity index (χ0n) is 17.4. The Labute approximate surface area is 187 Å². The lowest BCUT2D eigenvalue weighted by atomic mass is 10.2. The highest BCUT2D eigenvalue weighted by molar-refractivity contribution is 6.30. The fourth-order valence-corrected chi connectivity index (χ4v) is 3.03. The van der Waals surface area contributed by atoms with Gasteiger partial charge in [0.25, 0.3) is 5.91 Å². The number of carbonyl (C=O) groups excluding carboxylic acids is 1. The second-order valence-electron chi connectivity index (χ2n) is 7.00. The lowest BCUT2D eigenvalue weighted by molar-refractivity contribution is -0.118. The van der Waals surface area contributed by atoms with Crippen LogP contribution in [0.4, 0.5) is 5.69 Å². The van der Waals surface area contributed by atoms with E-state index in [1.807, 2.05) is 55.5 Å². The van der Waals surface area contributed by atoms with Gasteiger partial charge >= 0.3 is 0 Å². The van der Waals surface area contributed by atoms with Crippen molar-refractivity contribution in [2.24, 2.45) is 0 Å². The average Bonchev–Trinajstić information content (AvgIpc) is 2.78. The molecule has 0 unspecified atom stereocenters. The molecule has 3 aromatic rings. The molecule has 1 aromatic heterocycles. The maximum Gasteiger partial charge on any atom is 0.262 e. The van der Waals surface area contributed by atoms with Crippen LogP contribution in [0.2, 0.25) is 5.02 Å². The van der Waals surface area contributed by atoms with E-state index < -0.39 is 0 Å². The van der Waals surface area contributed by atoms with Crippen LogP contribution >= 0.6 is 11.6 Å². The molecule has 2 N–H and O–H groups in total. The lowest BCUT2D eigenvalue weighted by Gasteiger charge is -2.13. The predicted octanol–water partition coefficient (Wildman–Crippen LogP) is 4.62. The third-order valence-corrected chi connectivity index (χ3v) is 4.65. The Morgan fingerprint density at radius 3 is 2.68 bits per heavy atom. The number of hydrogen-bond acceptors (Lipinski definition) is 5. The first-order chi connectivity index (χ1) is 15.1. The van der Waals surface area contributed by atoms with Crippen LogP contribution in [-0.4, -0.2) is 30.6 Å². The topological polar surface area (TPSA) is 72.5 Å². The zero-order valence-corrected chi connectivity index (χ0v) is 18.2. The molecule has 0 aliphatic rings. The van der Waals surface area contributed by atoms with E-state index >= 15 is 0 Å². The van der Waals surface area contributed by atoms with E-state index in [0.29, 0.717) is 29.8 Å². The van der Waals surface area contributed by atoms with Crippen molar-refractivity contribution in [3.05, 3.63) is 83.0 Å². The number of aryl methyl sites for hydroxylation is 1. The number of aromatic nitrogens is 1. The molecule has 0 bridgehead atoms. The first kappa shape index (κ1) is 22.6. The number of carbonyl (C=O) groups is 1. The normalized spacial score (nSPS) is 10.5. The van der Waals surface area contributed by atoms with E-state index in [4.69, 9.17) is 21.1 Å². The van der Waals surface area contributed by atoms with Gasteiger partial charge in [-0.25, -0.2) is 4.98 Å². The molecule has 0 spiro atoms. The van der Waals surface area contributed by atoms with Gasteiger partial charge in [0, 0.05) is 35.1 Å². The maximum atomic E-state index is 12.2. The lowest BCUT2D eigenvalue weighted by Crippen LogP contribution is -2.21. The van der Waals surface area contributed by atoms with Crippen LogP contribution < -0.4 is 20.1 Å². The number of benzene rings is 2. The molecule has 0 radical (unpaired) electrons. The van der Waals surface area contributed by atoms with Crippen molar-refractivity contribution < 1.29 is 14.3 Å². The third-order valence-electron chi connectivity index (χ3n) is 4.42. The summed E-state index contributed by atoms with van der Waals surface area (Å²) >= 11 is 6.14. The summed E-state index contributed by atoms with van der Waals surface area (Å²) in [4.78, 5) is 16.3. The first-order valence-corrected chi connectivity index (χ1v) is 10.5. The van der Waals surface area contributed by atoms with Gasteiger partial charge in [0.05, 0.1) is 6.61 Å². The number of halogens is 1. The molecular formula is C24H26ClN3O3. The smallest absolute Gasteiger partial charge is 0.262 e. The Morgan fingerprint density at radius 1 is 1.06 bits per heavy atom. The van der Waals surface area contributed by atoms with Crippen LogP contribution in [0.3, 0.4) is 0 Å². The van der Waals surface area contributed by atoms with Crippen molar-refractivity contribution >= 4 is 23.2 Å². The van der Waals surface area contributed by atoms with Gasteiger partial charge in [-0.1, -0.05) is 35.4 Å². The van der Waals surface area contributed by atoms with Crippen LogP contribution in [0.25, 0.3) is 0 Å². The van der Waals surface area contributed by atoms with Crippen LogP contribution in [0.15, 0.2) is 66.9 Å². The van der Waals surface area contributed by atoms with Gasteiger partial charge in [0.2, 0.25) is 5.88 Å². The third kappa shape index (κ3) is 7.92. The number of rotatable bonds is 11. The van der Waals surface area contributed by atoms with Crippen molar-refractivity contribution in [1.82, 2.24) is 10.3 Å². The number of pyridine rings is 1. The molecule has 6 nitrogen and oxygen atoms in total. The van der Waals surface area contributed by atoms with Crippen LogP contribution in [0.1, 0.15) is 17.5 Å². The molecule has 2 aromatic carbocycles. The Kier molecular flexibility index (Phi) is 8.70. The SMILES string of the molecule is Cc1ccc(NC(=O)COc2ccc(Cl)cc2CNCCCOc2ccccn2)cc1. The number of hydrogen-bond donors (Lipinski definition) is 2. The van der Waals surface area contributed by atoms with E-state index in [-0.39, 0.29) is 12.5 Å². The maximum absolute atomic E-state index is 12.2. The van der Waals surface area contributed by atoms with E-state index in [1.165, 1.54) is 0 Å². The summed E-state index contributed by atoms with van der Waals surface area (Å²) in [5, 5.41) is 6.79. The summed E-state index contributed by atoms with van der Waals surface area (Å²) in [6, 6.07) is 18.6. The van der Waals surface area contributed by atoms with Crippen molar-refractivity contribution in [2.75, 3.05) is 25.1 Å². The minimum absolute atomic E-state index is 0.0829.